The Balaban J connectivity index is 1.65. The van der Waals surface area contributed by atoms with Crippen molar-refractivity contribution in [1.82, 2.24) is 15.5 Å². The molecule has 8 nitrogen and oxygen atoms in total. The molecule has 0 spiro atoms. The molecule has 2 aromatic rings. The van der Waals surface area contributed by atoms with Gasteiger partial charge in [-0.15, -0.1) is 0 Å². The fourth-order valence-electron chi connectivity index (χ4n) is 3.91. The predicted octanol–water partition coefficient (Wildman–Crippen LogP) is 3.01. The second-order valence-electron chi connectivity index (χ2n) is 8.71. The van der Waals surface area contributed by atoms with E-state index in [1.54, 1.807) is 24.3 Å². The summed E-state index contributed by atoms with van der Waals surface area (Å²) in [5.74, 6) is 0.154. The summed E-state index contributed by atoms with van der Waals surface area (Å²) < 4.78 is 10.5. The van der Waals surface area contributed by atoms with Gasteiger partial charge in [-0.25, -0.2) is 0 Å². The molecule has 1 heterocycles. The quantitative estimate of drug-likeness (QED) is 0.591. The zero-order valence-corrected chi connectivity index (χ0v) is 20.2. The molecule has 1 aliphatic rings. The van der Waals surface area contributed by atoms with Gasteiger partial charge in [0.1, 0.15) is 17.5 Å². The number of hydrogen-bond donors (Lipinski definition) is 2. The lowest BCUT2D eigenvalue weighted by atomic mass is 10.0. The van der Waals surface area contributed by atoms with E-state index in [1.165, 1.54) is 14.2 Å². The molecule has 0 saturated carbocycles. The minimum atomic E-state index is -0.737. The Morgan fingerprint density at radius 2 is 1.59 bits per heavy atom. The van der Waals surface area contributed by atoms with Gasteiger partial charge in [-0.2, -0.15) is 0 Å². The highest BCUT2D eigenvalue weighted by atomic mass is 16.5. The average molecular weight is 468 g/mol. The van der Waals surface area contributed by atoms with Gasteiger partial charge in [0.2, 0.25) is 5.91 Å². The normalized spacial score (nSPS) is 14.0. The number of benzene rings is 2. The highest BCUT2D eigenvalue weighted by Gasteiger charge is 2.25. The summed E-state index contributed by atoms with van der Waals surface area (Å²) in [4.78, 5) is 40.3. The summed E-state index contributed by atoms with van der Waals surface area (Å²) >= 11 is 0. The number of ether oxygens (including phenoxy) is 2. The molecular formula is C26H33N3O5. The molecule has 1 atom stereocenters. The summed E-state index contributed by atoms with van der Waals surface area (Å²) in [5.41, 5.74) is 1.78. The van der Waals surface area contributed by atoms with Crippen LogP contribution in [0.15, 0.2) is 42.5 Å². The SMILES string of the molecule is COc1cc(OC)cc(C(=O)NC(C(=O)NCc2cccc(C(=O)N3CCCC3)c2)C(C)C)c1. The Morgan fingerprint density at radius 1 is 0.941 bits per heavy atom. The largest absolute Gasteiger partial charge is 0.497 e. The third-order valence-electron chi connectivity index (χ3n) is 5.88. The van der Waals surface area contributed by atoms with E-state index in [1.807, 2.05) is 36.9 Å². The lowest BCUT2D eigenvalue weighted by Crippen LogP contribution is -2.49. The number of amides is 3. The van der Waals surface area contributed by atoms with Crippen molar-refractivity contribution in [3.8, 4) is 11.5 Å². The first kappa shape index (κ1) is 25.1. The Morgan fingerprint density at radius 3 is 2.18 bits per heavy atom. The summed E-state index contributed by atoms with van der Waals surface area (Å²) in [6.45, 7) is 5.56. The summed E-state index contributed by atoms with van der Waals surface area (Å²) in [5, 5.41) is 5.71. The zero-order valence-electron chi connectivity index (χ0n) is 20.2. The number of carbonyl (C=O) groups is 3. The molecule has 1 fully saturated rings. The van der Waals surface area contributed by atoms with Crippen LogP contribution in [0.5, 0.6) is 11.5 Å². The molecular weight excluding hydrogens is 434 g/mol. The van der Waals surface area contributed by atoms with Crippen LogP contribution in [-0.2, 0) is 11.3 Å². The minimum Gasteiger partial charge on any atom is -0.497 e. The van der Waals surface area contributed by atoms with Gasteiger partial charge in [0.25, 0.3) is 11.8 Å². The van der Waals surface area contributed by atoms with Gasteiger partial charge < -0.3 is 25.0 Å². The highest BCUT2D eigenvalue weighted by molar-refractivity contribution is 5.98. The number of methoxy groups -OCH3 is 2. The maximum Gasteiger partial charge on any atom is 0.253 e. The van der Waals surface area contributed by atoms with E-state index < -0.39 is 11.9 Å². The zero-order chi connectivity index (χ0) is 24.7. The van der Waals surface area contributed by atoms with Crippen molar-refractivity contribution in [1.29, 1.82) is 0 Å². The van der Waals surface area contributed by atoms with Gasteiger partial charge in [-0.05, 0) is 48.6 Å². The Kier molecular flexibility index (Phi) is 8.51. The van der Waals surface area contributed by atoms with Gasteiger partial charge >= 0.3 is 0 Å². The highest BCUT2D eigenvalue weighted by Crippen LogP contribution is 2.22. The van der Waals surface area contributed by atoms with Crippen molar-refractivity contribution >= 4 is 17.7 Å². The van der Waals surface area contributed by atoms with Gasteiger partial charge in [-0.1, -0.05) is 26.0 Å². The average Bonchev–Trinajstić information content (AvgIpc) is 3.39. The standard InChI is InChI=1S/C26H33N3O5/c1-17(2)23(28-24(30)20-13-21(33-3)15-22(14-20)34-4)25(31)27-16-18-8-7-9-19(12-18)26(32)29-10-5-6-11-29/h7-9,12-15,17,23H,5-6,10-11,16H2,1-4H3,(H,27,31)(H,28,30). The Hall–Kier alpha value is -3.55. The maximum absolute atomic E-state index is 12.9. The van der Waals surface area contributed by atoms with Crippen LogP contribution in [0.2, 0.25) is 0 Å². The van der Waals surface area contributed by atoms with Crippen LogP contribution in [0.25, 0.3) is 0 Å². The van der Waals surface area contributed by atoms with Crippen LogP contribution < -0.4 is 20.1 Å². The smallest absolute Gasteiger partial charge is 0.253 e. The van der Waals surface area contributed by atoms with E-state index in [0.717, 1.165) is 31.5 Å². The molecule has 2 N–H and O–H groups in total. The molecule has 182 valence electrons. The van der Waals surface area contributed by atoms with Crippen molar-refractivity contribution in [3.63, 3.8) is 0 Å². The van der Waals surface area contributed by atoms with Crippen LogP contribution in [0.4, 0.5) is 0 Å². The predicted molar refractivity (Wildman–Crippen MR) is 129 cm³/mol. The van der Waals surface area contributed by atoms with Crippen molar-refractivity contribution in [2.24, 2.45) is 5.92 Å². The third kappa shape index (κ3) is 6.27. The molecule has 3 rings (SSSR count). The second kappa shape index (κ2) is 11.5. The maximum atomic E-state index is 12.9. The molecule has 1 aliphatic heterocycles. The molecule has 8 heteroatoms. The van der Waals surface area contributed by atoms with E-state index in [9.17, 15) is 14.4 Å². The van der Waals surface area contributed by atoms with Crippen LogP contribution in [0.1, 0.15) is 53.0 Å². The van der Waals surface area contributed by atoms with Gasteiger partial charge in [0, 0.05) is 36.8 Å². The second-order valence-corrected chi connectivity index (χ2v) is 8.71. The van der Waals surface area contributed by atoms with Crippen LogP contribution in [0.3, 0.4) is 0 Å². The number of carbonyl (C=O) groups excluding carboxylic acids is 3. The Bertz CT molecular complexity index is 1010. The lowest BCUT2D eigenvalue weighted by molar-refractivity contribution is -0.124. The molecule has 34 heavy (non-hydrogen) atoms. The number of nitrogens with one attached hydrogen (secondary N) is 2. The van der Waals surface area contributed by atoms with Crippen LogP contribution in [0, 0.1) is 5.92 Å². The van der Waals surface area contributed by atoms with Gasteiger partial charge in [-0.3, -0.25) is 14.4 Å². The molecule has 1 unspecified atom stereocenters. The topological polar surface area (TPSA) is 97.0 Å². The van der Waals surface area contributed by atoms with Gasteiger partial charge in [0.05, 0.1) is 14.2 Å². The number of nitrogens with zero attached hydrogens (tertiary/aromatic N) is 1. The molecule has 0 aromatic heterocycles. The molecule has 0 radical (unpaired) electrons. The number of likely N-dealkylation sites (tertiary alicyclic amines) is 1. The van der Waals surface area contributed by atoms with Crippen LogP contribution >= 0.6 is 0 Å². The lowest BCUT2D eigenvalue weighted by Gasteiger charge is -2.22. The van der Waals surface area contributed by atoms with E-state index >= 15 is 0 Å². The van der Waals surface area contributed by atoms with E-state index in [4.69, 9.17) is 9.47 Å². The molecule has 2 aromatic carbocycles. The first-order valence-electron chi connectivity index (χ1n) is 11.5. The number of hydrogen-bond acceptors (Lipinski definition) is 5. The monoisotopic (exact) mass is 467 g/mol. The van der Waals surface area contributed by atoms with Crippen molar-refractivity contribution in [2.45, 2.75) is 39.3 Å². The van der Waals surface area contributed by atoms with Crippen LogP contribution in [-0.4, -0.2) is 56.0 Å². The summed E-state index contributed by atoms with van der Waals surface area (Å²) in [6, 6.07) is 11.4. The third-order valence-corrected chi connectivity index (χ3v) is 5.88. The van der Waals surface area contributed by atoms with Gasteiger partial charge in [0.15, 0.2) is 0 Å². The van der Waals surface area contributed by atoms with E-state index in [2.05, 4.69) is 10.6 Å². The molecule has 0 aliphatic carbocycles. The van der Waals surface area contributed by atoms with E-state index in [0.29, 0.717) is 22.6 Å². The first-order valence-corrected chi connectivity index (χ1v) is 11.5. The van der Waals surface area contributed by atoms with E-state index in [-0.39, 0.29) is 24.3 Å². The number of rotatable bonds is 9. The molecule has 1 saturated heterocycles. The van der Waals surface area contributed by atoms with Crippen molar-refractivity contribution in [2.75, 3.05) is 27.3 Å². The molecule has 0 bridgehead atoms. The van der Waals surface area contributed by atoms with Crippen molar-refractivity contribution < 1.29 is 23.9 Å². The fraction of sp³-hybridized carbons (Fsp3) is 0.423. The summed E-state index contributed by atoms with van der Waals surface area (Å²) in [7, 11) is 3.02. The minimum absolute atomic E-state index is 0.0201. The molecule has 3 amide bonds. The first-order chi connectivity index (χ1) is 16.3. The van der Waals surface area contributed by atoms with Crippen molar-refractivity contribution in [3.05, 3.63) is 59.2 Å². The fourth-order valence-corrected chi connectivity index (χ4v) is 3.91. The Labute approximate surface area is 200 Å². The summed E-state index contributed by atoms with van der Waals surface area (Å²) in [6.07, 6.45) is 2.07.